The topological polar surface area (TPSA) is 99.9 Å². The van der Waals surface area contributed by atoms with E-state index in [1.54, 1.807) is 0 Å². The molecule has 1 aliphatic heterocycles. The summed E-state index contributed by atoms with van der Waals surface area (Å²) in [6.45, 7) is 1.28. The Morgan fingerprint density at radius 2 is 1.81 bits per heavy atom. The number of hydrogen-bond acceptors (Lipinski definition) is 6. The predicted molar refractivity (Wildman–Crippen MR) is 120 cm³/mol. The van der Waals surface area contributed by atoms with Crippen molar-refractivity contribution in [2.45, 2.75) is 19.9 Å². The number of anilines is 1. The first kappa shape index (κ1) is 25.6. The van der Waals surface area contributed by atoms with Crippen molar-refractivity contribution in [2.24, 2.45) is 0 Å². The van der Waals surface area contributed by atoms with Crippen molar-refractivity contribution >= 4 is 21.8 Å². The van der Waals surface area contributed by atoms with Crippen LogP contribution < -0.4 is 4.31 Å². The van der Waals surface area contributed by atoms with Gasteiger partial charge in [0.05, 0.1) is 12.2 Å². The Bertz CT molecular complexity index is 1360. The summed E-state index contributed by atoms with van der Waals surface area (Å²) in [5.74, 6) is -2.96. The van der Waals surface area contributed by atoms with Gasteiger partial charge in [0.1, 0.15) is 11.6 Å². The number of piperazine rings is 1. The minimum atomic E-state index is -4.26. The minimum absolute atomic E-state index is 0.0127. The Balaban J connectivity index is 1.64. The molecule has 1 fully saturated rings. The zero-order valence-electron chi connectivity index (χ0n) is 18.9. The van der Waals surface area contributed by atoms with Crippen LogP contribution in [0.2, 0.25) is 0 Å². The highest BCUT2D eigenvalue weighted by atomic mass is 32.2. The molecule has 9 nitrogen and oxygen atoms in total. The molecule has 2 heterocycles. The lowest BCUT2D eigenvalue weighted by Crippen LogP contribution is -2.54. The van der Waals surface area contributed by atoms with Crippen LogP contribution in [0, 0.1) is 11.6 Å². The van der Waals surface area contributed by atoms with Crippen LogP contribution in [0.1, 0.15) is 24.8 Å². The lowest BCUT2D eigenvalue weighted by atomic mass is 10.1. The number of halogens is 4. The molecule has 2 aromatic carbocycles. The average Bonchev–Trinajstić information content (AvgIpc) is 3.34. The van der Waals surface area contributed by atoms with Gasteiger partial charge >= 0.3 is 16.6 Å². The fourth-order valence-corrected chi connectivity index (χ4v) is 5.30. The molecule has 0 spiro atoms. The second kappa shape index (κ2) is 10.2. The van der Waals surface area contributed by atoms with Crippen LogP contribution in [-0.4, -0.2) is 59.9 Å². The minimum Gasteiger partial charge on any atom is -0.415 e. The van der Waals surface area contributed by atoms with Gasteiger partial charge in [-0.05, 0) is 30.3 Å². The molecule has 0 radical (unpaired) electrons. The molecule has 0 bridgehead atoms. The molecule has 0 N–H and O–H groups in total. The number of carbonyl (C=O) groups is 1. The fourth-order valence-electron chi connectivity index (χ4n) is 3.71. The van der Waals surface area contributed by atoms with Gasteiger partial charge < -0.3 is 9.32 Å². The third-order valence-corrected chi connectivity index (χ3v) is 7.54. The zero-order valence-corrected chi connectivity index (χ0v) is 19.8. The quantitative estimate of drug-likeness (QED) is 0.437. The molecular weight excluding hydrogens is 506 g/mol. The summed E-state index contributed by atoms with van der Waals surface area (Å²) in [7, 11) is -4.26. The van der Waals surface area contributed by atoms with E-state index in [1.165, 1.54) is 36.1 Å². The normalized spacial score (nSPS) is 14.9. The molecule has 36 heavy (non-hydrogen) atoms. The number of benzene rings is 2. The maximum absolute atomic E-state index is 15.0. The second-order valence-corrected chi connectivity index (χ2v) is 9.80. The smallest absolute Gasteiger partial charge is 0.314 e. The summed E-state index contributed by atoms with van der Waals surface area (Å²) >= 11 is 0. The summed E-state index contributed by atoms with van der Waals surface area (Å²) in [5, 5.41) is 6.67. The average molecular weight is 528 g/mol. The predicted octanol–water partition coefficient (Wildman–Crippen LogP) is 3.37. The molecule has 1 aliphatic rings. The van der Waals surface area contributed by atoms with Gasteiger partial charge in [0.2, 0.25) is 11.8 Å². The maximum atomic E-state index is 15.0. The lowest BCUT2D eigenvalue weighted by Gasteiger charge is -2.37. The van der Waals surface area contributed by atoms with Crippen molar-refractivity contribution in [1.82, 2.24) is 19.4 Å². The van der Waals surface area contributed by atoms with Crippen molar-refractivity contribution in [3.63, 3.8) is 0 Å². The van der Waals surface area contributed by atoms with E-state index in [9.17, 15) is 26.4 Å². The van der Waals surface area contributed by atoms with E-state index in [1.807, 2.05) is 0 Å². The largest absolute Gasteiger partial charge is 0.415 e. The first-order valence-electron chi connectivity index (χ1n) is 10.8. The van der Waals surface area contributed by atoms with Gasteiger partial charge in [-0.1, -0.05) is 12.1 Å². The van der Waals surface area contributed by atoms with Crippen LogP contribution in [0.25, 0.3) is 11.5 Å². The van der Waals surface area contributed by atoms with Crippen LogP contribution in [-0.2, 0) is 21.5 Å². The van der Waals surface area contributed by atoms with Gasteiger partial charge in [0.15, 0.2) is 0 Å². The number of aromatic nitrogens is 2. The monoisotopic (exact) mass is 527 g/mol. The molecule has 1 saturated heterocycles. The Morgan fingerprint density at radius 1 is 1.08 bits per heavy atom. The molecule has 0 atom stereocenters. The standard InChI is InChI=1S/C22H21F4N5O4S/c1-14(32)29-7-9-30(10-8-29)36(33,34)31(18-4-2-3-17(23)12-18)13-16-6-5-15(11-19(16)24)21-27-28-22(35-21)20(25)26/h2-6,11-12,20H,7-10,13H2,1H3. The van der Waals surface area contributed by atoms with Crippen LogP contribution in [0.15, 0.2) is 46.9 Å². The molecule has 0 aliphatic carbocycles. The van der Waals surface area contributed by atoms with Gasteiger partial charge in [0.25, 0.3) is 5.89 Å². The molecule has 0 unspecified atom stereocenters. The molecule has 14 heteroatoms. The SMILES string of the molecule is CC(=O)N1CCN(S(=O)(=O)N(Cc2ccc(-c3nnc(C(F)F)o3)cc2F)c2cccc(F)c2)CC1. The lowest BCUT2D eigenvalue weighted by molar-refractivity contribution is -0.129. The van der Waals surface area contributed by atoms with Crippen LogP contribution in [0.5, 0.6) is 0 Å². The number of carbonyl (C=O) groups excluding carboxylic acids is 1. The number of rotatable bonds is 7. The summed E-state index contributed by atoms with van der Waals surface area (Å²) in [6.07, 6.45) is -2.99. The molecule has 0 saturated carbocycles. The van der Waals surface area contributed by atoms with E-state index >= 15 is 4.39 Å². The Kier molecular flexibility index (Phi) is 7.26. The van der Waals surface area contributed by atoms with Gasteiger partial charge in [-0.3, -0.25) is 9.10 Å². The van der Waals surface area contributed by atoms with Crippen molar-refractivity contribution < 1.29 is 35.2 Å². The van der Waals surface area contributed by atoms with E-state index in [4.69, 9.17) is 4.42 Å². The molecule has 1 amide bonds. The summed E-state index contributed by atoms with van der Waals surface area (Å²) in [4.78, 5) is 13.1. The fraction of sp³-hybridized carbons (Fsp3) is 0.318. The van der Waals surface area contributed by atoms with E-state index in [0.29, 0.717) is 0 Å². The number of nitrogens with zero attached hydrogens (tertiary/aromatic N) is 5. The number of amides is 1. The first-order chi connectivity index (χ1) is 17.1. The van der Waals surface area contributed by atoms with Crippen LogP contribution in [0.4, 0.5) is 23.2 Å². The maximum Gasteiger partial charge on any atom is 0.314 e. The van der Waals surface area contributed by atoms with Crippen LogP contribution >= 0.6 is 0 Å². The Labute approximate surface area is 204 Å². The first-order valence-corrected chi connectivity index (χ1v) is 12.1. The Hall–Kier alpha value is -3.52. The van der Waals surface area contributed by atoms with Gasteiger partial charge in [-0.15, -0.1) is 10.2 Å². The van der Waals surface area contributed by atoms with Crippen molar-refractivity contribution in [1.29, 1.82) is 0 Å². The van der Waals surface area contributed by atoms with Gasteiger partial charge in [0, 0.05) is 44.2 Å². The number of alkyl halides is 2. The molecule has 4 rings (SSSR count). The van der Waals surface area contributed by atoms with E-state index in [2.05, 4.69) is 10.2 Å². The van der Waals surface area contributed by atoms with E-state index < -0.39 is 40.7 Å². The van der Waals surface area contributed by atoms with Crippen LogP contribution in [0.3, 0.4) is 0 Å². The number of hydrogen-bond donors (Lipinski definition) is 0. The highest BCUT2D eigenvalue weighted by molar-refractivity contribution is 7.90. The van der Waals surface area contributed by atoms with Crippen molar-refractivity contribution in [3.05, 3.63) is 65.6 Å². The molecule has 3 aromatic rings. The molecular formula is C22H21F4N5O4S. The summed E-state index contributed by atoms with van der Waals surface area (Å²) < 4.78 is 88.4. The third kappa shape index (κ3) is 5.33. The zero-order chi connectivity index (χ0) is 26.0. The highest BCUT2D eigenvalue weighted by Crippen LogP contribution is 2.28. The molecule has 192 valence electrons. The van der Waals surface area contributed by atoms with Gasteiger partial charge in [-0.25, -0.2) is 8.78 Å². The van der Waals surface area contributed by atoms with E-state index in [0.717, 1.165) is 26.8 Å². The second-order valence-electron chi connectivity index (χ2n) is 7.95. The van der Waals surface area contributed by atoms with Crippen molar-refractivity contribution in [3.8, 4) is 11.5 Å². The summed E-state index contributed by atoms with van der Waals surface area (Å²) in [6, 6.07) is 8.41. The third-order valence-electron chi connectivity index (χ3n) is 5.63. The molecule has 1 aromatic heterocycles. The highest BCUT2D eigenvalue weighted by Gasteiger charge is 2.34. The Morgan fingerprint density at radius 3 is 2.39 bits per heavy atom. The summed E-state index contributed by atoms with van der Waals surface area (Å²) in [5.41, 5.74) is -0.0651. The van der Waals surface area contributed by atoms with Gasteiger partial charge in [-0.2, -0.15) is 21.5 Å². The van der Waals surface area contributed by atoms with E-state index in [-0.39, 0.29) is 54.8 Å². The van der Waals surface area contributed by atoms with Crippen molar-refractivity contribution in [2.75, 3.05) is 30.5 Å².